The summed E-state index contributed by atoms with van der Waals surface area (Å²) in [5, 5.41) is 20.4. The zero-order chi connectivity index (χ0) is 25.4. The molecular formula is C28H29N3O6. The highest BCUT2D eigenvalue weighted by atomic mass is 16.6. The fraction of sp³-hybridized carbons (Fsp3) is 0.357. The number of rotatable bonds is 8. The van der Waals surface area contributed by atoms with Crippen molar-refractivity contribution < 1.29 is 27.8 Å². The van der Waals surface area contributed by atoms with E-state index in [1.807, 2.05) is 30.3 Å². The van der Waals surface area contributed by atoms with Crippen LogP contribution in [0.15, 0.2) is 61.8 Å². The Bertz CT molecular complexity index is 1510. The average molecular weight is 504 g/mol. The summed E-state index contributed by atoms with van der Waals surface area (Å²) in [6.45, 7) is 4.33. The molecule has 1 N–H and O–H groups in total. The van der Waals surface area contributed by atoms with Gasteiger partial charge in [-0.3, -0.25) is 0 Å². The van der Waals surface area contributed by atoms with Gasteiger partial charge in [-0.25, -0.2) is 0 Å². The van der Waals surface area contributed by atoms with Crippen LogP contribution in [0.3, 0.4) is 0 Å². The van der Waals surface area contributed by atoms with Gasteiger partial charge in [-0.2, -0.15) is 0 Å². The number of β-amino-alcohol motifs (C(OH)–C–C–N with tert-alkyl or cyclic N) is 1. The van der Waals surface area contributed by atoms with Crippen molar-refractivity contribution in [2.45, 2.75) is 31.8 Å². The number of aromatic nitrogens is 2. The van der Waals surface area contributed by atoms with Gasteiger partial charge < -0.3 is 32.7 Å². The van der Waals surface area contributed by atoms with Gasteiger partial charge in [0, 0.05) is 31.0 Å². The van der Waals surface area contributed by atoms with Gasteiger partial charge in [-0.05, 0) is 55.6 Å². The highest BCUT2D eigenvalue weighted by Gasteiger charge is 2.23. The molecule has 0 saturated carbocycles. The van der Waals surface area contributed by atoms with Gasteiger partial charge in [0.2, 0.25) is 5.89 Å². The van der Waals surface area contributed by atoms with Crippen molar-refractivity contribution in [3.63, 3.8) is 0 Å². The lowest BCUT2D eigenvalue weighted by molar-refractivity contribution is 0.0599. The second-order valence-electron chi connectivity index (χ2n) is 9.51. The molecule has 0 aliphatic carbocycles. The Morgan fingerprint density at radius 2 is 1.89 bits per heavy atom. The third-order valence-electron chi connectivity index (χ3n) is 6.94. The smallest absolute Gasteiger partial charge is 0.285 e. The van der Waals surface area contributed by atoms with Gasteiger partial charge in [0.1, 0.15) is 29.6 Å². The lowest BCUT2D eigenvalue weighted by Gasteiger charge is -2.33. The van der Waals surface area contributed by atoms with E-state index in [9.17, 15) is 5.11 Å². The van der Waals surface area contributed by atoms with Crippen LogP contribution in [0.5, 0.6) is 11.7 Å². The summed E-state index contributed by atoms with van der Waals surface area (Å²) in [6.07, 6.45) is 1.45. The molecule has 3 aromatic heterocycles. The fourth-order valence-corrected chi connectivity index (χ4v) is 5.03. The third kappa shape index (κ3) is 4.92. The van der Waals surface area contributed by atoms with Crippen LogP contribution in [-0.2, 0) is 0 Å². The number of likely N-dealkylation sites (tertiary alicyclic amines) is 1. The topological polar surface area (TPSA) is 107 Å². The molecular weight excluding hydrogens is 474 g/mol. The zero-order valence-electron chi connectivity index (χ0n) is 20.8. The number of nitrogens with zero attached hydrogens (tertiary/aromatic N) is 3. The molecule has 6 rings (SSSR count). The minimum atomic E-state index is -0.608. The fourth-order valence-electron chi connectivity index (χ4n) is 5.03. The number of hydrogen-bond donors (Lipinski definition) is 1. The first-order valence-corrected chi connectivity index (χ1v) is 12.5. The Kier molecular flexibility index (Phi) is 6.31. The van der Waals surface area contributed by atoms with Crippen molar-refractivity contribution in [3.8, 4) is 23.3 Å². The number of methoxy groups -OCH3 is 1. The Labute approximate surface area is 213 Å². The predicted octanol–water partition coefficient (Wildman–Crippen LogP) is 5.17. The Hall–Kier alpha value is -3.82. The van der Waals surface area contributed by atoms with Gasteiger partial charge in [-0.15, -0.1) is 10.2 Å². The van der Waals surface area contributed by atoms with Crippen molar-refractivity contribution in [2.24, 2.45) is 0 Å². The Morgan fingerprint density at radius 1 is 1.03 bits per heavy atom. The van der Waals surface area contributed by atoms with E-state index >= 15 is 0 Å². The molecule has 9 heteroatoms. The SMILES string of the molecule is COc1cc2ccc(C3CCN(C[C@H](O)COc4cccc5oc(-c6nnc(C)o6)cc45)CC3)cc2o1. The maximum Gasteiger partial charge on any atom is 0.285 e. The van der Waals surface area contributed by atoms with Crippen molar-refractivity contribution in [3.05, 3.63) is 60.0 Å². The summed E-state index contributed by atoms with van der Waals surface area (Å²) >= 11 is 0. The maximum atomic E-state index is 10.7. The van der Waals surface area contributed by atoms with Crippen LogP contribution in [0.25, 0.3) is 33.6 Å². The summed E-state index contributed by atoms with van der Waals surface area (Å²) in [7, 11) is 1.61. The molecule has 4 heterocycles. The Morgan fingerprint density at radius 3 is 2.68 bits per heavy atom. The average Bonchev–Trinajstić information content (AvgIpc) is 3.65. The summed E-state index contributed by atoms with van der Waals surface area (Å²) in [4.78, 5) is 2.30. The molecule has 0 spiro atoms. The lowest BCUT2D eigenvalue weighted by atomic mass is 9.89. The Balaban J connectivity index is 1.03. The molecule has 9 nitrogen and oxygen atoms in total. The van der Waals surface area contributed by atoms with Crippen LogP contribution in [0.4, 0.5) is 0 Å². The van der Waals surface area contributed by atoms with Gasteiger partial charge in [0.25, 0.3) is 11.8 Å². The van der Waals surface area contributed by atoms with Crippen LogP contribution in [0.2, 0.25) is 0 Å². The number of piperidine rings is 1. The number of fused-ring (bicyclic) bond motifs is 2. The number of benzene rings is 2. The normalized spacial score (nSPS) is 16.0. The first kappa shape index (κ1) is 23.6. The van der Waals surface area contributed by atoms with Crippen LogP contribution >= 0.6 is 0 Å². The first-order chi connectivity index (χ1) is 18.1. The largest absolute Gasteiger partial charge is 0.490 e. The number of aryl methyl sites for hydroxylation is 1. The minimum absolute atomic E-state index is 0.191. The van der Waals surface area contributed by atoms with Gasteiger partial charge in [0.15, 0.2) is 5.76 Å². The van der Waals surface area contributed by atoms with Gasteiger partial charge in [0.05, 0.1) is 12.5 Å². The molecule has 0 amide bonds. The number of hydrogen-bond acceptors (Lipinski definition) is 9. The monoisotopic (exact) mass is 503 g/mol. The van der Waals surface area contributed by atoms with E-state index < -0.39 is 6.10 Å². The first-order valence-electron chi connectivity index (χ1n) is 12.5. The molecule has 2 aromatic carbocycles. The zero-order valence-corrected chi connectivity index (χ0v) is 20.8. The van der Waals surface area contributed by atoms with E-state index in [4.69, 9.17) is 22.7 Å². The molecule has 1 aliphatic rings. The van der Waals surface area contributed by atoms with E-state index in [-0.39, 0.29) is 6.61 Å². The summed E-state index contributed by atoms with van der Waals surface area (Å²) in [5.41, 5.74) is 2.80. The molecule has 1 fully saturated rings. The van der Waals surface area contributed by atoms with Crippen molar-refractivity contribution in [1.29, 1.82) is 0 Å². The van der Waals surface area contributed by atoms with E-state index in [1.54, 1.807) is 14.0 Å². The van der Waals surface area contributed by atoms with Crippen LogP contribution in [0.1, 0.15) is 30.2 Å². The quantitative estimate of drug-likeness (QED) is 0.307. The molecule has 5 aromatic rings. The molecule has 37 heavy (non-hydrogen) atoms. The predicted molar refractivity (Wildman–Crippen MR) is 137 cm³/mol. The standard InChI is InChI=1S/C28H29N3O6/c1-17-29-30-28(35-17)26-14-22-23(4-3-5-24(22)36-26)34-16-21(32)15-31-10-8-18(9-11-31)19-6-7-20-13-27(33-2)37-25(20)12-19/h3-7,12-14,18,21,32H,8-11,15-16H2,1-2H3/t21-/m0/s1. The van der Waals surface area contributed by atoms with E-state index in [2.05, 4.69) is 33.3 Å². The maximum absolute atomic E-state index is 10.7. The summed E-state index contributed by atoms with van der Waals surface area (Å²) < 4.78 is 28.3. The van der Waals surface area contributed by atoms with Gasteiger partial charge >= 0.3 is 0 Å². The highest BCUT2D eigenvalue weighted by Crippen LogP contribution is 2.34. The molecule has 192 valence electrons. The van der Waals surface area contributed by atoms with Crippen LogP contribution < -0.4 is 9.47 Å². The highest BCUT2D eigenvalue weighted by molar-refractivity contribution is 5.87. The molecule has 1 atom stereocenters. The minimum Gasteiger partial charge on any atom is -0.490 e. The van der Waals surface area contributed by atoms with Crippen molar-refractivity contribution >= 4 is 21.9 Å². The molecule has 1 saturated heterocycles. The summed E-state index contributed by atoms with van der Waals surface area (Å²) in [5.74, 6) is 2.93. The number of aliphatic hydroxyl groups excluding tert-OH is 1. The second-order valence-corrected chi connectivity index (χ2v) is 9.51. The molecule has 0 bridgehead atoms. The number of aliphatic hydroxyl groups is 1. The third-order valence-corrected chi connectivity index (χ3v) is 6.94. The van der Waals surface area contributed by atoms with Crippen molar-refractivity contribution in [2.75, 3.05) is 33.4 Å². The lowest BCUT2D eigenvalue weighted by Crippen LogP contribution is -2.40. The number of ether oxygens (including phenoxy) is 2. The van der Waals surface area contributed by atoms with E-state index in [0.29, 0.717) is 47.3 Å². The summed E-state index contributed by atoms with van der Waals surface area (Å²) in [6, 6.07) is 15.7. The van der Waals surface area contributed by atoms with Crippen LogP contribution in [0, 0.1) is 6.92 Å². The van der Waals surface area contributed by atoms with E-state index in [1.165, 1.54) is 5.56 Å². The van der Waals surface area contributed by atoms with Crippen molar-refractivity contribution in [1.82, 2.24) is 15.1 Å². The molecule has 0 radical (unpaired) electrons. The second kappa shape index (κ2) is 9.91. The number of furan rings is 2. The van der Waals surface area contributed by atoms with E-state index in [0.717, 1.165) is 42.3 Å². The molecule has 1 aliphatic heterocycles. The molecule has 0 unspecified atom stereocenters. The van der Waals surface area contributed by atoms with Crippen LogP contribution in [-0.4, -0.2) is 59.7 Å². The van der Waals surface area contributed by atoms with Gasteiger partial charge in [-0.1, -0.05) is 18.2 Å².